The molecule has 0 bridgehead atoms. The van der Waals surface area contributed by atoms with Crippen LogP contribution in [0.5, 0.6) is 0 Å². The molecule has 0 saturated carbocycles. The Hall–Kier alpha value is -1.98. The number of benzene rings is 2. The molecule has 35 heavy (non-hydrogen) atoms. The van der Waals surface area contributed by atoms with E-state index < -0.39 is 26.0 Å². The Balaban J connectivity index is 1.29. The van der Waals surface area contributed by atoms with Gasteiger partial charge in [0.25, 0.3) is 0 Å². The molecular formula is C24H30ClN3O5S2. The van der Waals surface area contributed by atoms with Gasteiger partial charge in [0.15, 0.2) is 0 Å². The van der Waals surface area contributed by atoms with Crippen molar-refractivity contribution in [3.63, 3.8) is 0 Å². The molecule has 2 fully saturated rings. The molecule has 2 saturated heterocycles. The molecule has 2 aromatic rings. The van der Waals surface area contributed by atoms with Gasteiger partial charge in [0, 0.05) is 37.7 Å². The first-order valence-electron chi connectivity index (χ1n) is 11.8. The normalized spacial score (nSPS) is 20.1. The van der Waals surface area contributed by atoms with E-state index in [1.165, 1.54) is 32.9 Å². The van der Waals surface area contributed by atoms with Crippen molar-refractivity contribution in [2.45, 2.75) is 41.9 Å². The van der Waals surface area contributed by atoms with Crippen molar-refractivity contribution in [2.24, 2.45) is 5.92 Å². The number of carbonyl (C=O) groups excluding carboxylic acids is 1. The number of carbonyl (C=O) groups is 1. The number of sulfonamides is 2. The van der Waals surface area contributed by atoms with Gasteiger partial charge in [0.05, 0.1) is 15.7 Å². The first-order chi connectivity index (χ1) is 16.7. The average Bonchev–Trinajstić information content (AvgIpc) is 3.41. The SMILES string of the molecule is O=C(NCCc1ccc(S(=O)(=O)N2CCCC2)cc1)C1CCCN(S(=O)(=O)c2ccc(Cl)cc2)C1. The lowest BCUT2D eigenvalue weighted by molar-refractivity contribution is -0.126. The highest BCUT2D eigenvalue weighted by molar-refractivity contribution is 7.89. The van der Waals surface area contributed by atoms with Crippen molar-refractivity contribution in [1.29, 1.82) is 0 Å². The number of rotatable bonds is 8. The highest BCUT2D eigenvalue weighted by atomic mass is 35.5. The van der Waals surface area contributed by atoms with E-state index in [9.17, 15) is 21.6 Å². The number of piperidine rings is 1. The van der Waals surface area contributed by atoms with Crippen LogP contribution in [0.4, 0.5) is 0 Å². The summed E-state index contributed by atoms with van der Waals surface area (Å²) < 4.78 is 54.1. The van der Waals surface area contributed by atoms with Crippen LogP contribution in [0.3, 0.4) is 0 Å². The molecule has 2 aromatic carbocycles. The molecular weight excluding hydrogens is 510 g/mol. The van der Waals surface area contributed by atoms with Crippen LogP contribution in [0.1, 0.15) is 31.2 Å². The highest BCUT2D eigenvalue weighted by Gasteiger charge is 2.33. The van der Waals surface area contributed by atoms with E-state index in [4.69, 9.17) is 11.6 Å². The summed E-state index contributed by atoms with van der Waals surface area (Å²) in [7, 11) is -7.13. The van der Waals surface area contributed by atoms with E-state index in [0.717, 1.165) is 18.4 Å². The predicted molar refractivity (Wildman–Crippen MR) is 134 cm³/mol. The van der Waals surface area contributed by atoms with Crippen molar-refractivity contribution < 1.29 is 21.6 Å². The van der Waals surface area contributed by atoms with Crippen LogP contribution < -0.4 is 5.32 Å². The summed E-state index contributed by atoms with van der Waals surface area (Å²) in [5.41, 5.74) is 0.918. The van der Waals surface area contributed by atoms with Crippen molar-refractivity contribution in [3.05, 3.63) is 59.1 Å². The summed E-state index contributed by atoms with van der Waals surface area (Å²) >= 11 is 5.87. The number of nitrogens with zero attached hydrogens (tertiary/aromatic N) is 2. The van der Waals surface area contributed by atoms with Gasteiger partial charge >= 0.3 is 0 Å². The Kier molecular flexibility index (Phi) is 8.17. The summed E-state index contributed by atoms with van der Waals surface area (Å²) in [5, 5.41) is 3.37. The zero-order chi connectivity index (χ0) is 25.1. The zero-order valence-electron chi connectivity index (χ0n) is 19.4. The minimum absolute atomic E-state index is 0.139. The molecule has 1 amide bonds. The number of halogens is 1. The topological polar surface area (TPSA) is 104 Å². The van der Waals surface area contributed by atoms with Gasteiger partial charge in [0.1, 0.15) is 0 Å². The molecule has 2 heterocycles. The third kappa shape index (κ3) is 6.06. The maximum Gasteiger partial charge on any atom is 0.243 e. The second-order valence-electron chi connectivity index (χ2n) is 8.95. The first-order valence-corrected chi connectivity index (χ1v) is 15.1. The first kappa shape index (κ1) is 26.1. The van der Waals surface area contributed by atoms with Crippen LogP contribution in [-0.2, 0) is 31.3 Å². The van der Waals surface area contributed by atoms with E-state index in [2.05, 4.69) is 5.32 Å². The van der Waals surface area contributed by atoms with Gasteiger partial charge in [0.2, 0.25) is 26.0 Å². The lowest BCUT2D eigenvalue weighted by Gasteiger charge is -2.31. The highest BCUT2D eigenvalue weighted by Crippen LogP contribution is 2.25. The molecule has 190 valence electrons. The second-order valence-corrected chi connectivity index (χ2v) is 13.3. The third-order valence-electron chi connectivity index (χ3n) is 6.55. The fraction of sp³-hybridized carbons (Fsp3) is 0.458. The summed E-state index contributed by atoms with van der Waals surface area (Å²) in [6, 6.07) is 12.8. The Labute approximate surface area is 212 Å². The average molecular weight is 540 g/mol. The predicted octanol–water partition coefficient (Wildman–Crippen LogP) is 2.88. The number of hydrogen-bond donors (Lipinski definition) is 1. The zero-order valence-corrected chi connectivity index (χ0v) is 21.8. The van der Waals surface area contributed by atoms with Crippen molar-refractivity contribution in [2.75, 3.05) is 32.7 Å². The van der Waals surface area contributed by atoms with Gasteiger partial charge in [-0.2, -0.15) is 8.61 Å². The fourth-order valence-electron chi connectivity index (χ4n) is 4.51. The van der Waals surface area contributed by atoms with Crippen LogP contribution in [-0.4, -0.2) is 64.1 Å². The molecule has 0 aliphatic carbocycles. The third-order valence-corrected chi connectivity index (χ3v) is 10.6. The Morgan fingerprint density at radius 1 is 0.829 bits per heavy atom. The quantitative estimate of drug-likeness (QED) is 0.555. The largest absolute Gasteiger partial charge is 0.355 e. The fourth-order valence-corrected chi connectivity index (χ4v) is 7.68. The molecule has 2 aliphatic rings. The lowest BCUT2D eigenvalue weighted by atomic mass is 9.99. The molecule has 1 N–H and O–H groups in total. The number of hydrogen-bond acceptors (Lipinski definition) is 5. The maximum absolute atomic E-state index is 13.0. The number of amides is 1. The van der Waals surface area contributed by atoms with Crippen molar-refractivity contribution >= 4 is 37.6 Å². The van der Waals surface area contributed by atoms with Gasteiger partial charge in [-0.05, 0) is 74.1 Å². The minimum atomic E-state index is -3.69. The molecule has 1 unspecified atom stereocenters. The van der Waals surface area contributed by atoms with Crippen molar-refractivity contribution in [3.8, 4) is 0 Å². The van der Waals surface area contributed by atoms with Gasteiger partial charge in [-0.3, -0.25) is 4.79 Å². The maximum atomic E-state index is 13.0. The second kappa shape index (κ2) is 11.0. The van der Waals surface area contributed by atoms with Crippen LogP contribution in [0.15, 0.2) is 58.3 Å². The van der Waals surface area contributed by atoms with Gasteiger partial charge in [-0.15, -0.1) is 0 Å². The minimum Gasteiger partial charge on any atom is -0.355 e. The van der Waals surface area contributed by atoms with Gasteiger partial charge in [-0.25, -0.2) is 16.8 Å². The lowest BCUT2D eigenvalue weighted by Crippen LogP contribution is -2.45. The summed E-state index contributed by atoms with van der Waals surface area (Å²) in [6.07, 6.45) is 3.57. The molecule has 0 spiro atoms. The van der Waals surface area contributed by atoms with Crippen LogP contribution in [0.25, 0.3) is 0 Å². The van der Waals surface area contributed by atoms with Gasteiger partial charge in [-0.1, -0.05) is 23.7 Å². The van der Waals surface area contributed by atoms with Crippen LogP contribution in [0, 0.1) is 5.92 Å². The van der Waals surface area contributed by atoms with Crippen LogP contribution in [0.2, 0.25) is 5.02 Å². The Morgan fingerprint density at radius 2 is 1.37 bits per heavy atom. The van der Waals surface area contributed by atoms with Crippen LogP contribution >= 0.6 is 11.6 Å². The molecule has 8 nitrogen and oxygen atoms in total. The standard InChI is InChI=1S/C24H30ClN3O5S2/c25-21-7-11-23(12-8-21)35(32,33)28-17-3-4-20(18-28)24(29)26-14-13-19-5-9-22(10-6-19)34(30,31)27-15-1-2-16-27/h5-12,20H,1-4,13-18H2,(H,26,29). The van der Waals surface area contributed by atoms with Crippen molar-refractivity contribution in [1.82, 2.24) is 13.9 Å². The molecule has 0 radical (unpaired) electrons. The summed E-state index contributed by atoms with van der Waals surface area (Å²) in [6.45, 7) is 2.03. The van der Waals surface area contributed by atoms with Gasteiger partial charge < -0.3 is 5.32 Å². The monoisotopic (exact) mass is 539 g/mol. The Morgan fingerprint density at radius 3 is 2.00 bits per heavy atom. The number of nitrogens with one attached hydrogen (secondary N) is 1. The molecule has 11 heteroatoms. The smallest absolute Gasteiger partial charge is 0.243 e. The molecule has 1 atom stereocenters. The summed E-state index contributed by atoms with van der Waals surface area (Å²) in [5.74, 6) is -0.590. The van der Waals surface area contributed by atoms with E-state index >= 15 is 0 Å². The Bertz CT molecular complexity index is 1240. The van der Waals surface area contributed by atoms with E-state index in [1.807, 2.05) is 0 Å². The molecule has 2 aliphatic heterocycles. The molecule has 0 aromatic heterocycles. The summed E-state index contributed by atoms with van der Waals surface area (Å²) in [4.78, 5) is 13.2. The van der Waals surface area contributed by atoms with E-state index in [0.29, 0.717) is 50.5 Å². The molecule has 4 rings (SSSR count). The van der Waals surface area contributed by atoms with E-state index in [-0.39, 0.29) is 22.2 Å². The van der Waals surface area contributed by atoms with E-state index in [1.54, 1.807) is 24.3 Å².